The first kappa shape index (κ1) is 21.7. The first-order chi connectivity index (χ1) is 12.8. The highest BCUT2D eigenvalue weighted by Crippen LogP contribution is 2.29. The second-order valence-corrected chi connectivity index (χ2v) is 7.91. The maximum atomic E-state index is 11.4. The Kier molecular flexibility index (Phi) is 7.70. The maximum Gasteiger partial charge on any atom is 0.346 e. The molecule has 1 heterocycles. The molecule has 1 fully saturated rings. The van der Waals surface area contributed by atoms with E-state index in [0.717, 1.165) is 24.4 Å². The van der Waals surface area contributed by atoms with Crippen LogP contribution in [0.3, 0.4) is 0 Å². The molecule has 1 aliphatic rings. The molecule has 0 N–H and O–H groups in total. The molecular formula is C20H30N2O4S. The fourth-order valence-electron chi connectivity index (χ4n) is 3.41. The van der Waals surface area contributed by atoms with Gasteiger partial charge >= 0.3 is 5.97 Å². The molecule has 6 nitrogen and oxygen atoms in total. The van der Waals surface area contributed by atoms with Crippen LogP contribution in [0.15, 0.2) is 22.2 Å². The third kappa shape index (κ3) is 5.24. The number of morpholine rings is 1. The van der Waals surface area contributed by atoms with E-state index < -0.39 is 5.97 Å². The van der Waals surface area contributed by atoms with Gasteiger partial charge in [0, 0.05) is 23.5 Å². The molecule has 0 unspecified atom stereocenters. The van der Waals surface area contributed by atoms with Crippen molar-refractivity contribution in [2.24, 2.45) is 5.16 Å². The second kappa shape index (κ2) is 9.57. The molecule has 0 atom stereocenters. The van der Waals surface area contributed by atoms with Gasteiger partial charge in [0.25, 0.3) is 0 Å². The van der Waals surface area contributed by atoms with Gasteiger partial charge in [-0.2, -0.15) is 0 Å². The number of nitrogens with zero attached hydrogens (tertiary/aromatic N) is 2. The Hall–Kier alpha value is -1.57. The van der Waals surface area contributed by atoms with Crippen LogP contribution in [0.25, 0.3) is 0 Å². The van der Waals surface area contributed by atoms with Gasteiger partial charge in [-0.1, -0.05) is 5.16 Å². The topological polar surface area (TPSA) is 60.4 Å². The summed E-state index contributed by atoms with van der Waals surface area (Å²) in [6.07, 6.45) is 2.08. The van der Waals surface area contributed by atoms with Crippen molar-refractivity contribution in [3.8, 4) is 0 Å². The molecule has 27 heavy (non-hydrogen) atoms. The predicted molar refractivity (Wildman–Crippen MR) is 109 cm³/mol. The van der Waals surface area contributed by atoms with E-state index in [-0.39, 0.29) is 12.1 Å². The number of benzene rings is 1. The number of methoxy groups -OCH3 is 1. The second-order valence-electron chi connectivity index (χ2n) is 7.09. The van der Waals surface area contributed by atoms with Gasteiger partial charge in [0.1, 0.15) is 5.71 Å². The Balaban J connectivity index is 2.43. The predicted octanol–water partition coefficient (Wildman–Crippen LogP) is 3.03. The van der Waals surface area contributed by atoms with Crippen LogP contribution in [0.4, 0.5) is 0 Å². The van der Waals surface area contributed by atoms with E-state index in [1.54, 1.807) is 11.8 Å². The van der Waals surface area contributed by atoms with Crippen LogP contribution < -0.4 is 0 Å². The van der Waals surface area contributed by atoms with Crippen molar-refractivity contribution in [2.45, 2.75) is 38.1 Å². The summed E-state index contributed by atoms with van der Waals surface area (Å²) in [7, 11) is 1.34. The quantitative estimate of drug-likeness (QED) is 0.307. The monoisotopic (exact) mass is 394 g/mol. The molecule has 2 rings (SSSR count). The van der Waals surface area contributed by atoms with Gasteiger partial charge in [0.15, 0.2) is 0 Å². The van der Waals surface area contributed by atoms with Gasteiger partial charge in [0.05, 0.1) is 25.9 Å². The van der Waals surface area contributed by atoms with Crippen LogP contribution in [0, 0.1) is 13.8 Å². The average molecular weight is 395 g/mol. The average Bonchev–Trinajstić information content (AvgIpc) is 2.65. The van der Waals surface area contributed by atoms with Crippen LogP contribution in [0.5, 0.6) is 0 Å². The fraction of sp³-hybridized carbons (Fsp3) is 0.600. The van der Waals surface area contributed by atoms with Gasteiger partial charge in [-0.15, -0.1) is 11.8 Å². The zero-order chi connectivity index (χ0) is 20.0. The van der Waals surface area contributed by atoms with E-state index in [1.807, 2.05) is 0 Å². The van der Waals surface area contributed by atoms with Crippen LogP contribution in [0.1, 0.15) is 30.5 Å². The summed E-state index contributed by atoms with van der Waals surface area (Å²) in [5, 5.41) is 4.39. The summed E-state index contributed by atoms with van der Waals surface area (Å²) in [5.41, 5.74) is 3.84. The van der Waals surface area contributed by atoms with Crippen molar-refractivity contribution in [2.75, 3.05) is 46.3 Å². The Morgan fingerprint density at radius 3 is 2.37 bits per heavy atom. The third-order valence-corrected chi connectivity index (χ3v) is 5.94. The maximum absolute atomic E-state index is 11.4. The highest BCUT2D eigenvalue weighted by atomic mass is 32.2. The molecule has 0 spiro atoms. The lowest BCUT2D eigenvalue weighted by molar-refractivity contribution is -0.145. The molecule has 1 aromatic rings. The summed E-state index contributed by atoms with van der Waals surface area (Å²) in [6, 6.07) is 4.28. The van der Waals surface area contributed by atoms with Crippen LogP contribution in [-0.4, -0.2) is 68.4 Å². The van der Waals surface area contributed by atoms with E-state index in [2.05, 4.69) is 60.9 Å². The van der Waals surface area contributed by atoms with E-state index in [4.69, 9.17) is 9.57 Å². The lowest BCUT2D eigenvalue weighted by Crippen LogP contribution is -2.54. The van der Waals surface area contributed by atoms with Crippen LogP contribution >= 0.6 is 11.8 Å². The van der Waals surface area contributed by atoms with Gasteiger partial charge in [0.2, 0.25) is 6.61 Å². The minimum Gasteiger partial charge on any atom is -0.466 e. The molecule has 0 aromatic heterocycles. The number of oxime groups is 1. The molecule has 1 saturated heterocycles. The Morgan fingerprint density at radius 2 is 1.85 bits per heavy atom. The Morgan fingerprint density at radius 1 is 1.26 bits per heavy atom. The van der Waals surface area contributed by atoms with E-state index in [9.17, 15) is 4.79 Å². The minimum absolute atomic E-state index is 0.208. The number of hydrogen-bond acceptors (Lipinski definition) is 7. The van der Waals surface area contributed by atoms with E-state index in [0.29, 0.717) is 13.2 Å². The molecule has 0 saturated carbocycles. The van der Waals surface area contributed by atoms with E-state index in [1.165, 1.54) is 23.1 Å². The zero-order valence-electron chi connectivity index (χ0n) is 17.1. The number of rotatable bonds is 7. The Labute approximate surface area is 166 Å². The van der Waals surface area contributed by atoms with Crippen molar-refractivity contribution < 1.29 is 19.1 Å². The van der Waals surface area contributed by atoms with Crippen molar-refractivity contribution in [1.82, 2.24) is 4.90 Å². The summed E-state index contributed by atoms with van der Waals surface area (Å²) in [4.78, 5) is 20.4. The molecule has 1 aromatic carbocycles. The third-order valence-electron chi connectivity index (χ3n) is 4.88. The molecule has 1 aliphatic heterocycles. The molecule has 150 valence electrons. The number of carbonyl (C=O) groups is 1. The number of carbonyl (C=O) groups excluding carboxylic acids is 1. The molecule has 0 aliphatic carbocycles. The van der Waals surface area contributed by atoms with Crippen molar-refractivity contribution in [3.05, 3.63) is 28.8 Å². The number of esters is 1. The molecule has 0 radical (unpaired) electrons. The summed E-state index contributed by atoms with van der Waals surface area (Å²) < 4.78 is 10.1. The number of thioether (sulfide) groups is 1. The van der Waals surface area contributed by atoms with Crippen molar-refractivity contribution in [1.29, 1.82) is 0 Å². The lowest BCUT2D eigenvalue weighted by atomic mass is 9.88. The fourth-order valence-corrected chi connectivity index (χ4v) is 4.17. The smallest absolute Gasteiger partial charge is 0.346 e. The highest BCUT2D eigenvalue weighted by molar-refractivity contribution is 7.98. The first-order valence-corrected chi connectivity index (χ1v) is 10.3. The normalized spacial score (nSPS) is 16.3. The van der Waals surface area contributed by atoms with E-state index >= 15 is 0 Å². The largest absolute Gasteiger partial charge is 0.466 e. The standard InChI is InChI=1S/C20H30N2O4S/c1-14-11-16(12-15(2)18(14)27-6)19(21-26-13-17(23)24-5)20(3,4)22-7-9-25-10-8-22/h11-12H,7-10,13H2,1-6H3/b21-19+. The zero-order valence-corrected chi connectivity index (χ0v) is 17.9. The van der Waals surface area contributed by atoms with Crippen molar-refractivity contribution in [3.63, 3.8) is 0 Å². The lowest BCUT2D eigenvalue weighted by Gasteiger charge is -2.41. The van der Waals surface area contributed by atoms with Crippen LogP contribution in [-0.2, 0) is 19.1 Å². The number of aryl methyl sites for hydroxylation is 2. The number of hydrogen-bond donors (Lipinski definition) is 0. The SMILES string of the molecule is COC(=O)CO/N=C(\c1cc(C)c(SC)c(C)c1)C(C)(C)N1CCOCC1. The Bertz CT molecular complexity index is 674. The first-order valence-electron chi connectivity index (χ1n) is 9.07. The summed E-state index contributed by atoms with van der Waals surface area (Å²) in [5.74, 6) is -0.452. The van der Waals surface area contributed by atoms with Gasteiger partial charge in [-0.25, -0.2) is 4.79 Å². The minimum atomic E-state index is -0.452. The highest BCUT2D eigenvalue weighted by Gasteiger charge is 2.35. The summed E-state index contributed by atoms with van der Waals surface area (Å²) >= 11 is 1.74. The molecule has 0 amide bonds. The van der Waals surface area contributed by atoms with Gasteiger partial charge < -0.3 is 14.3 Å². The molecular weight excluding hydrogens is 364 g/mol. The molecule has 0 bridgehead atoms. The van der Waals surface area contributed by atoms with Crippen LogP contribution in [0.2, 0.25) is 0 Å². The van der Waals surface area contributed by atoms with Gasteiger partial charge in [-0.3, -0.25) is 4.90 Å². The number of ether oxygens (including phenoxy) is 2. The van der Waals surface area contributed by atoms with Crippen molar-refractivity contribution >= 4 is 23.4 Å². The summed E-state index contributed by atoms with van der Waals surface area (Å²) in [6.45, 7) is 11.3. The van der Waals surface area contributed by atoms with Gasteiger partial charge in [-0.05, 0) is 57.2 Å². The molecule has 7 heteroatoms.